The number of aromatic amines is 1. The largest absolute Gasteiger partial charge is 0.378 e. The molecule has 2 aromatic heterocycles. The Morgan fingerprint density at radius 3 is 2.52 bits per heavy atom. The number of aromatic nitrogens is 2. The molecule has 0 saturated carbocycles. The summed E-state index contributed by atoms with van der Waals surface area (Å²) in [4.78, 5) is 9.87. The first-order chi connectivity index (χ1) is 13.2. The van der Waals surface area contributed by atoms with Crippen LogP contribution in [0.4, 0.5) is 5.69 Å². The van der Waals surface area contributed by atoms with Crippen LogP contribution >= 0.6 is 11.3 Å². The molecule has 3 nitrogen and oxygen atoms in total. The van der Waals surface area contributed by atoms with E-state index in [9.17, 15) is 0 Å². The maximum Gasteiger partial charge on any atom is 0.0935 e. The lowest BCUT2D eigenvalue weighted by molar-refractivity contribution is 1.13. The Labute approximate surface area is 165 Å². The van der Waals surface area contributed by atoms with Gasteiger partial charge in [-0.1, -0.05) is 18.9 Å². The van der Waals surface area contributed by atoms with E-state index in [4.69, 9.17) is 0 Å². The molecule has 0 aliphatic rings. The topological polar surface area (TPSA) is 31.9 Å². The molecule has 0 amide bonds. The lowest BCUT2D eigenvalue weighted by atomic mass is 10.1. The summed E-state index contributed by atoms with van der Waals surface area (Å²) in [6, 6.07) is 16.6. The minimum Gasteiger partial charge on any atom is -0.378 e. The first-order valence-corrected chi connectivity index (χ1v) is 9.83. The summed E-state index contributed by atoms with van der Waals surface area (Å²) in [5, 5.41) is 4.17. The summed E-state index contributed by atoms with van der Waals surface area (Å²) >= 11 is 1.67. The zero-order chi connectivity index (χ0) is 19.1. The third kappa shape index (κ3) is 5.22. The van der Waals surface area contributed by atoms with Gasteiger partial charge in [-0.15, -0.1) is 0 Å². The SMILES string of the molecule is CCc1ccc(-c2ccsc2)nc[nH]c(C#Cc2ccc(N(C)C)cc2)c1. The van der Waals surface area contributed by atoms with Crippen molar-refractivity contribution in [3.8, 4) is 23.1 Å². The average Bonchev–Trinajstić information content (AvgIpc) is 3.23. The highest BCUT2D eigenvalue weighted by atomic mass is 32.1. The Hall–Kier alpha value is -3.03. The second-order valence-corrected chi connectivity index (χ2v) is 7.09. The van der Waals surface area contributed by atoms with Gasteiger partial charge in [-0.25, -0.2) is 4.98 Å². The molecule has 3 rings (SSSR count). The second kappa shape index (κ2) is 9.07. The zero-order valence-corrected chi connectivity index (χ0v) is 16.7. The predicted molar refractivity (Wildman–Crippen MR) is 116 cm³/mol. The lowest BCUT2D eigenvalue weighted by Gasteiger charge is -2.11. The number of nitrogens with one attached hydrogen (secondary N) is 1. The van der Waals surface area contributed by atoms with Crippen molar-refractivity contribution < 1.29 is 0 Å². The van der Waals surface area contributed by atoms with E-state index in [1.54, 1.807) is 17.7 Å². The Balaban J connectivity index is 1.96. The molecule has 4 heteroatoms. The van der Waals surface area contributed by atoms with Crippen LogP contribution in [-0.2, 0) is 6.42 Å². The van der Waals surface area contributed by atoms with Gasteiger partial charge in [0, 0.05) is 36.3 Å². The summed E-state index contributed by atoms with van der Waals surface area (Å²) in [6.45, 7) is 2.14. The summed E-state index contributed by atoms with van der Waals surface area (Å²) in [7, 11) is 4.06. The third-order valence-electron chi connectivity index (χ3n) is 4.16. The van der Waals surface area contributed by atoms with E-state index in [0.29, 0.717) is 0 Å². The number of hydrogen-bond acceptors (Lipinski definition) is 3. The molecule has 0 aliphatic heterocycles. The molecule has 1 N–H and O–H groups in total. The van der Waals surface area contributed by atoms with E-state index in [0.717, 1.165) is 34.6 Å². The standard InChI is InChI=1S/C23H23N3S/c1-4-18-8-12-23(20-13-14-27-16-20)25-17-24-21(15-18)9-5-19-6-10-22(11-7-19)26(2)3/h6-8,10-17H,4H2,1-3H3,(H,24,25). The smallest absolute Gasteiger partial charge is 0.0935 e. The van der Waals surface area contributed by atoms with Crippen molar-refractivity contribution in [3.63, 3.8) is 0 Å². The highest BCUT2D eigenvalue weighted by molar-refractivity contribution is 7.08. The van der Waals surface area contributed by atoms with Gasteiger partial charge in [0.15, 0.2) is 0 Å². The Kier molecular flexibility index (Phi) is 6.30. The Bertz CT molecular complexity index is 986. The van der Waals surface area contributed by atoms with E-state index in [2.05, 4.69) is 80.8 Å². The zero-order valence-electron chi connectivity index (χ0n) is 15.9. The number of nitrogens with zero attached hydrogens (tertiary/aromatic N) is 2. The fourth-order valence-corrected chi connectivity index (χ4v) is 3.18. The van der Waals surface area contributed by atoms with Gasteiger partial charge in [0.05, 0.1) is 17.7 Å². The molecule has 0 aliphatic carbocycles. The lowest BCUT2D eigenvalue weighted by Crippen LogP contribution is -2.07. The first kappa shape index (κ1) is 18.8. The fourth-order valence-electron chi connectivity index (χ4n) is 2.53. The highest BCUT2D eigenvalue weighted by Crippen LogP contribution is 2.18. The van der Waals surface area contributed by atoms with Crippen molar-refractivity contribution in [2.24, 2.45) is 0 Å². The van der Waals surface area contributed by atoms with Crippen molar-refractivity contribution in [1.29, 1.82) is 0 Å². The third-order valence-corrected chi connectivity index (χ3v) is 4.84. The van der Waals surface area contributed by atoms with Crippen LogP contribution in [-0.4, -0.2) is 24.1 Å². The molecule has 0 spiro atoms. The van der Waals surface area contributed by atoms with Gasteiger partial charge < -0.3 is 9.88 Å². The van der Waals surface area contributed by atoms with Crippen LogP contribution < -0.4 is 4.90 Å². The molecular formula is C23H23N3S. The summed E-state index contributed by atoms with van der Waals surface area (Å²) in [5.74, 6) is 6.46. The van der Waals surface area contributed by atoms with Gasteiger partial charge in [-0.05, 0) is 65.7 Å². The molecule has 27 heavy (non-hydrogen) atoms. The number of benzene rings is 1. The maximum absolute atomic E-state index is 4.56. The Morgan fingerprint density at radius 1 is 1.04 bits per heavy atom. The van der Waals surface area contributed by atoms with E-state index in [1.165, 1.54) is 5.56 Å². The fraction of sp³-hybridized carbons (Fsp3) is 0.174. The second-order valence-electron chi connectivity index (χ2n) is 6.31. The molecule has 0 saturated heterocycles. The average molecular weight is 374 g/mol. The number of anilines is 1. The van der Waals surface area contributed by atoms with Gasteiger partial charge in [0.1, 0.15) is 0 Å². The summed E-state index contributed by atoms with van der Waals surface area (Å²) in [5.41, 5.74) is 6.25. The van der Waals surface area contributed by atoms with E-state index >= 15 is 0 Å². The molecule has 0 fully saturated rings. The van der Waals surface area contributed by atoms with Crippen LogP contribution in [0.25, 0.3) is 11.3 Å². The van der Waals surface area contributed by atoms with Crippen LogP contribution in [0.15, 0.2) is 65.6 Å². The van der Waals surface area contributed by atoms with Crippen LogP contribution in [0, 0.1) is 11.8 Å². The molecule has 0 radical (unpaired) electrons. The minimum absolute atomic E-state index is 0.837. The quantitative estimate of drug-likeness (QED) is 0.633. The number of aryl methyl sites for hydroxylation is 1. The van der Waals surface area contributed by atoms with Crippen LogP contribution in [0.2, 0.25) is 0 Å². The molecule has 3 aromatic rings. The number of H-pyrrole nitrogens is 1. The van der Waals surface area contributed by atoms with Crippen molar-refractivity contribution in [2.45, 2.75) is 13.3 Å². The van der Waals surface area contributed by atoms with Gasteiger partial charge >= 0.3 is 0 Å². The molecule has 2 heterocycles. The molecular weight excluding hydrogens is 350 g/mol. The molecule has 0 atom stereocenters. The summed E-state index contributed by atoms with van der Waals surface area (Å²) < 4.78 is 0. The number of rotatable bonds is 3. The van der Waals surface area contributed by atoms with E-state index in [1.807, 2.05) is 26.2 Å². The van der Waals surface area contributed by atoms with Gasteiger partial charge in [-0.2, -0.15) is 11.3 Å². The van der Waals surface area contributed by atoms with E-state index in [-0.39, 0.29) is 0 Å². The minimum atomic E-state index is 0.837. The molecule has 136 valence electrons. The number of hydrogen-bond donors (Lipinski definition) is 1. The Morgan fingerprint density at radius 2 is 1.85 bits per heavy atom. The monoisotopic (exact) mass is 373 g/mol. The maximum atomic E-state index is 4.56. The molecule has 0 bridgehead atoms. The van der Waals surface area contributed by atoms with Crippen molar-refractivity contribution in [3.05, 3.63) is 82.4 Å². The van der Waals surface area contributed by atoms with E-state index < -0.39 is 0 Å². The van der Waals surface area contributed by atoms with Crippen LogP contribution in [0.3, 0.4) is 0 Å². The highest BCUT2D eigenvalue weighted by Gasteiger charge is 1.97. The van der Waals surface area contributed by atoms with Gasteiger partial charge in [0.2, 0.25) is 0 Å². The normalized spacial score (nSPS) is 9.89. The molecule has 0 unspecified atom stereocenters. The number of thiophene rings is 1. The van der Waals surface area contributed by atoms with Crippen LogP contribution in [0.5, 0.6) is 0 Å². The van der Waals surface area contributed by atoms with Gasteiger partial charge in [0.25, 0.3) is 0 Å². The van der Waals surface area contributed by atoms with Crippen LogP contribution in [0.1, 0.15) is 23.7 Å². The van der Waals surface area contributed by atoms with Crippen molar-refractivity contribution in [2.75, 3.05) is 19.0 Å². The predicted octanol–water partition coefficient (Wildman–Crippen LogP) is 5.29. The molecule has 1 aromatic carbocycles. The summed E-state index contributed by atoms with van der Waals surface area (Å²) in [6.07, 6.45) is 2.64. The van der Waals surface area contributed by atoms with Crippen molar-refractivity contribution >= 4 is 17.0 Å². The van der Waals surface area contributed by atoms with Gasteiger partial charge in [-0.3, -0.25) is 0 Å². The first-order valence-electron chi connectivity index (χ1n) is 8.89. The van der Waals surface area contributed by atoms with Crippen molar-refractivity contribution in [1.82, 2.24) is 9.97 Å².